The molecule has 0 unspecified atom stereocenters. The quantitative estimate of drug-likeness (QED) is 0.624. The maximum absolute atomic E-state index is 12.1. The van der Waals surface area contributed by atoms with E-state index in [9.17, 15) is 9.59 Å². The smallest absolute Gasteiger partial charge is 0.223 e. The number of hydrogen-bond donors (Lipinski definition) is 3. The molecule has 0 aromatic heterocycles. The third kappa shape index (κ3) is 5.27. The van der Waals surface area contributed by atoms with Gasteiger partial charge in [-0.15, -0.1) is 0 Å². The van der Waals surface area contributed by atoms with Crippen molar-refractivity contribution in [2.75, 3.05) is 19.6 Å². The largest absolute Gasteiger partial charge is 0.354 e. The van der Waals surface area contributed by atoms with E-state index >= 15 is 0 Å². The maximum Gasteiger partial charge on any atom is 0.223 e. The van der Waals surface area contributed by atoms with Crippen molar-refractivity contribution >= 4 is 11.8 Å². The average molecular weight is 309 g/mol. The van der Waals surface area contributed by atoms with Crippen LogP contribution in [0.1, 0.15) is 57.8 Å². The van der Waals surface area contributed by atoms with Crippen LogP contribution in [-0.2, 0) is 9.59 Å². The SMILES string of the molecule is NC[C@H]1CCC[C@H]1C(=O)NCCNC(=O)CC1CCCCC1. The van der Waals surface area contributed by atoms with Gasteiger partial charge in [0.1, 0.15) is 0 Å². The Hall–Kier alpha value is -1.10. The second-order valence-electron chi connectivity index (χ2n) is 6.88. The Labute approximate surface area is 133 Å². The number of carbonyl (C=O) groups excluding carboxylic acids is 2. The summed E-state index contributed by atoms with van der Waals surface area (Å²) >= 11 is 0. The highest BCUT2D eigenvalue weighted by Crippen LogP contribution is 2.30. The Morgan fingerprint density at radius 1 is 0.909 bits per heavy atom. The predicted octanol–water partition coefficient (Wildman–Crippen LogP) is 1.56. The van der Waals surface area contributed by atoms with Gasteiger partial charge in [-0.05, 0) is 44.1 Å². The van der Waals surface area contributed by atoms with E-state index in [-0.39, 0.29) is 17.7 Å². The van der Waals surface area contributed by atoms with Crippen LogP contribution in [0.25, 0.3) is 0 Å². The maximum atomic E-state index is 12.1. The summed E-state index contributed by atoms with van der Waals surface area (Å²) in [6, 6.07) is 0. The summed E-state index contributed by atoms with van der Waals surface area (Å²) in [6.07, 6.45) is 9.96. The van der Waals surface area contributed by atoms with Gasteiger partial charge in [0.15, 0.2) is 0 Å². The van der Waals surface area contributed by atoms with Gasteiger partial charge in [0, 0.05) is 25.4 Å². The lowest BCUT2D eigenvalue weighted by Crippen LogP contribution is -2.39. The summed E-state index contributed by atoms with van der Waals surface area (Å²) in [7, 11) is 0. The highest BCUT2D eigenvalue weighted by molar-refractivity contribution is 5.79. The molecule has 22 heavy (non-hydrogen) atoms. The summed E-state index contributed by atoms with van der Waals surface area (Å²) in [5, 5.41) is 5.86. The van der Waals surface area contributed by atoms with Gasteiger partial charge >= 0.3 is 0 Å². The molecule has 2 fully saturated rings. The van der Waals surface area contributed by atoms with E-state index in [0.717, 1.165) is 19.3 Å². The van der Waals surface area contributed by atoms with E-state index in [1.54, 1.807) is 0 Å². The van der Waals surface area contributed by atoms with Crippen molar-refractivity contribution in [1.82, 2.24) is 10.6 Å². The second kappa shape index (κ2) is 9.13. The Morgan fingerprint density at radius 2 is 1.64 bits per heavy atom. The molecular weight excluding hydrogens is 278 g/mol. The van der Waals surface area contributed by atoms with Gasteiger partial charge in [0.2, 0.25) is 11.8 Å². The average Bonchev–Trinajstić information content (AvgIpc) is 3.01. The third-order valence-corrected chi connectivity index (χ3v) is 5.24. The van der Waals surface area contributed by atoms with Gasteiger partial charge in [0.25, 0.3) is 0 Å². The zero-order chi connectivity index (χ0) is 15.8. The molecular formula is C17H31N3O2. The first-order valence-electron chi connectivity index (χ1n) is 8.95. The van der Waals surface area contributed by atoms with Crippen molar-refractivity contribution in [3.63, 3.8) is 0 Å². The minimum atomic E-state index is 0.0722. The molecule has 2 saturated carbocycles. The topological polar surface area (TPSA) is 84.2 Å². The second-order valence-corrected chi connectivity index (χ2v) is 6.88. The van der Waals surface area contributed by atoms with Crippen molar-refractivity contribution < 1.29 is 9.59 Å². The van der Waals surface area contributed by atoms with E-state index in [1.807, 2.05) is 0 Å². The molecule has 0 spiro atoms. The van der Waals surface area contributed by atoms with Crippen LogP contribution in [-0.4, -0.2) is 31.4 Å². The van der Waals surface area contributed by atoms with Crippen molar-refractivity contribution in [3.8, 4) is 0 Å². The molecule has 0 saturated heterocycles. The minimum absolute atomic E-state index is 0.0722. The number of rotatable bonds is 7. The van der Waals surface area contributed by atoms with Crippen LogP contribution in [0.15, 0.2) is 0 Å². The van der Waals surface area contributed by atoms with Gasteiger partial charge in [-0.2, -0.15) is 0 Å². The van der Waals surface area contributed by atoms with Gasteiger partial charge in [-0.25, -0.2) is 0 Å². The van der Waals surface area contributed by atoms with Crippen LogP contribution in [0, 0.1) is 17.8 Å². The minimum Gasteiger partial charge on any atom is -0.354 e. The third-order valence-electron chi connectivity index (χ3n) is 5.24. The number of hydrogen-bond acceptors (Lipinski definition) is 3. The molecule has 2 amide bonds. The molecule has 0 aliphatic heterocycles. The fourth-order valence-corrected chi connectivity index (χ4v) is 3.91. The summed E-state index contributed by atoms with van der Waals surface area (Å²) < 4.78 is 0. The first-order chi connectivity index (χ1) is 10.7. The molecule has 0 aromatic rings. The van der Waals surface area contributed by atoms with Crippen LogP contribution < -0.4 is 16.4 Å². The van der Waals surface area contributed by atoms with E-state index in [4.69, 9.17) is 5.73 Å². The first-order valence-corrected chi connectivity index (χ1v) is 8.95. The number of carbonyl (C=O) groups is 2. The van der Waals surface area contributed by atoms with E-state index in [1.165, 1.54) is 32.1 Å². The monoisotopic (exact) mass is 309 g/mol. The highest BCUT2D eigenvalue weighted by Gasteiger charge is 2.31. The molecule has 0 bridgehead atoms. The summed E-state index contributed by atoms with van der Waals surface area (Å²) in [4.78, 5) is 24.0. The standard InChI is InChI=1S/C17H31N3O2/c18-12-14-7-4-8-15(14)17(22)20-10-9-19-16(21)11-13-5-2-1-3-6-13/h13-15H,1-12,18H2,(H,19,21)(H,20,22)/t14-,15-/m1/s1. The zero-order valence-corrected chi connectivity index (χ0v) is 13.6. The highest BCUT2D eigenvalue weighted by atomic mass is 16.2. The summed E-state index contributed by atoms with van der Waals surface area (Å²) in [6.45, 7) is 1.64. The van der Waals surface area contributed by atoms with Crippen molar-refractivity contribution in [3.05, 3.63) is 0 Å². The van der Waals surface area contributed by atoms with Crippen LogP contribution in [0.2, 0.25) is 0 Å². The van der Waals surface area contributed by atoms with E-state index in [2.05, 4.69) is 10.6 Å². The fraction of sp³-hybridized carbons (Fsp3) is 0.882. The van der Waals surface area contributed by atoms with Crippen LogP contribution in [0.3, 0.4) is 0 Å². The fourth-order valence-electron chi connectivity index (χ4n) is 3.91. The lowest BCUT2D eigenvalue weighted by Gasteiger charge is -2.21. The van der Waals surface area contributed by atoms with Crippen molar-refractivity contribution in [1.29, 1.82) is 0 Å². The van der Waals surface area contributed by atoms with Gasteiger partial charge < -0.3 is 16.4 Å². The molecule has 0 aromatic carbocycles. The molecule has 2 aliphatic carbocycles. The predicted molar refractivity (Wildman–Crippen MR) is 87.1 cm³/mol. The Bertz CT molecular complexity index is 367. The van der Waals surface area contributed by atoms with Gasteiger partial charge in [-0.3, -0.25) is 9.59 Å². The number of nitrogens with two attached hydrogens (primary N) is 1. The van der Waals surface area contributed by atoms with Crippen LogP contribution in [0.5, 0.6) is 0 Å². The zero-order valence-electron chi connectivity index (χ0n) is 13.6. The molecule has 2 rings (SSSR count). The Kier molecular flexibility index (Phi) is 7.16. The van der Waals surface area contributed by atoms with E-state index < -0.39 is 0 Å². The van der Waals surface area contributed by atoms with Crippen molar-refractivity contribution in [2.24, 2.45) is 23.5 Å². The van der Waals surface area contributed by atoms with Crippen LogP contribution >= 0.6 is 0 Å². The molecule has 5 heteroatoms. The summed E-state index contributed by atoms with van der Waals surface area (Å²) in [5.41, 5.74) is 5.71. The molecule has 4 N–H and O–H groups in total. The molecule has 2 atom stereocenters. The lowest BCUT2D eigenvalue weighted by molar-refractivity contribution is -0.126. The summed E-state index contributed by atoms with van der Waals surface area (Å²) in [5.74, 6) is 1.20. The molecule has 2 aliphatic rings. The molecule has 5 nitrogen and oxygen atoms in total. The normalized spacial score (nSPS) is 25.9. The van der Waals surface area contributed by atoms with Gasteiger partial charge in [0.05, 0.1) is 0 Å². The lowest BCUT2D eigenvalue weighted by atomic mass is 9.87. The van der Waals surface area contributed by atoms with Gasteiger partial charge in [-0.1, -0.05) is 25.7 Å². The molecule has 126 valence electrons. The Balaban J connectivity index is 1.56. The number of nitrogens with one attached hydrogen (secondary N) is 2. The molecule has 0 radical (unpaired) electrons. The van der Waals surface area contributed by atoms with Crippen LogP contribution in [0.4, 0.5) is 0 Å². The number of amides is 2. The Morgan fingerprint density at radius 3 is 2.36 bits per heavy atom. The first kappa shape index (κ1) is 17.3. The van der Waals surface area contributed by atoms with Crippen molar-refractivity contribution in [2.45, 2.75) is 57.8 Å². The molecule has 0 heterocycles. The van der Waals surface area contributed by atoms with E-state index in [0.29, 0.717) is 37.9 Å².